The van der Waals surface area contributed by atoms with Gasteiger partial charge >= 0.3 is 0 Å². The summed E-state index contributed by atoms with van der Waals surface area (Å²) < 4.78 is 0. The first-order valence-corrected chi connectivity index (χ1v) is 7.01. The van der Waals surface area contributed by atoms with Crippen molar-refractivity contribution in [2.45, 2.75) is 26.7 Å². The standard InChI is InChI=1S/C13H20N4S/c1-4-8-15-13(14-6-3)16-9-7-12-17-10-11(5-2)18-12/h1,10H,5-9H2,2-3H3,(H2,14,15,16). The van der Waals surface area contributed by atoms with Gasteiger partial charge in [0.2, 0.25) is 0 Å². The zero-order valence-corrected chi connectivity index (χ0v) is 11.8. The van der Waals surface area contributed by atoms with E-state index in [-0.39, 0.29) is 0 Å². The zero-order chi connectivity index (χ0) is 13.2. The lowest BCUT2D eigenvalue weighted by atomic mass is 10.4. The van der Waals surface area contributed by atoms with Crippen molar-refractivity contribution in [3.63, 3.8) is 0 Å². The minimum atomic E-state index is 0.489. The van der Waals surface area contributed by atoms with Gasteiger partial charge in [-0.2, -0.15) is 0 Å². The Morgan fingerprint density at radius 1 is 1.50 bits per heavy atom. The van der Waals surface area contributed by atoms with E-state index in [1.54, 1.807) is 11.3 Å². The summed E-state index contributed by atoms with van der Waals surface area (Å²) in [6.45, 7) is 6.21. The van der Waals surface area contributed by atoms with Crippen LogP contribution in [0.3, 0.4) is 0 Å². The highest BCUT2D eigenvalue weighted by Gasteiger charge is 2.00. The molecule has 0 aliphatic heterocycles. The SMILES string of the molecule is C#CCNC(=NCCc1ncc(CC)s1)NCC. The normalized spacial score (nSPS) is 11.1. The Morgan fingerprint density at radius 3 is 2.94 bits per heavy atom. The predicted octanol–water partition coefficient (Wildman–Crippen LogP) is 1.44. The second kappa shape index (κ2) is 8.54. The number of rotatable bonds is 6. The van der Waals surface area contributed by atoms with Crippen molar-refractivity contribution >= 4 is 17.3 Å². The predicted molar refractivity (Wildman–Crippen MR) is 78.0 cm³/mol. The number of nitrogens with one attached hydrogen (secondary N) is 2. The van der Waals surface area contributed by atoms with Crippen molar-refractivity contribution in [2.24, 2.45) is 4.99 Å². The summed E-state index contributed by atoms with van der Waals surface area (Å²) in [5.74, 6) is 3.30. The maximum atomic E-state index is 5.21. The zero-order valence-electron chi connectivity index (χ0n) is 11.0. The third-order valence-corrected chi connectivity index (χ3v) is 3.45. The number of hydrogen-bond acceptors (Lipinski definition) is 3. The van der Waals surface area contributed by atoms with E-state index < -0.39 is 0 Å². The van der Waals surface area contributed by atoms with Gasteiger partial charge in [-0.15, -0.1) is 17.8 Å². The summed E-state index contributed by atoms with van der Waals surface area (Å²) >= 11 is 1.76. The molecule has 5 heteroatoms. The van der Waals surface area contributed by atoms with E-state index in [9.17, 15) is 0 Å². The molecule has 18 heavy (non-hydrogen) atoms. The lowest BCUT2D eigenvalue weighted by Gasteiger charge is -2.08. The van der Waals surface area contributed by atoms with Crippen LogP contribution in [0.15, 0.2) is 11.2 Å². The van der Waals surface area contributed by atoms with Crippen LogP contribution in [-0.2, 0) is 12.8 Å². The van der Waals surface area contributed by atoms with E-state index in [0.29, 0.717) is 6.54 Å². The van der Waals surface area contributed by atoms with Crippen molar-refractivity contribution in [2.75, 3.05) is 19.6 Å². The van der Waals surface area contributed by atoms with Gasteiger partial charge in [0.15, 0.2) is 5.96 Å². The quantitative estimate of drug-likeness (QED) is 0.464. The molecule has 0 spiro atoms. The van der Waals surface area contributed by atoms with Gasteiger partial charge in [0, 0.05) is 30.6 Å². The Labute approximate surface area is 113 Å². The summed E-state index contributed by atoms with van der Waals surface area (Å²) in [4.78, 5) is 10.1. The summed E-state index contributed by atoms with van der Waals surface area (Å²) in [7, 11) is 0. The molecule has 4 nitrogen and oxygen atoms in total. The molecule has 0 amide bonds. The van der Waals surface area contributed by atoms with Gasteiger partial charge in [-0.3, -0.25) is 4.99 Å². The number of aliphatic imine (C=N–C) groups is 1. The van der Waals surface area contributed by atoms with E-state index in [2.05, 4.69) is 33.5 Å². The van der Waals surface area contributed by atoms with Crippen LogP contribution in [0.25, 0.3) is 0 Å². The lowest BCUT2D eigenvalue weighted by molar-refractivity contribution is 0.853. The molecule has 0 aliphatic rings. The van der Waals surface area contributed by atoms with Crippen molar-refractivity contribution < 1.29 is 0 Å². The summed E-state index contributed by atoms with van der Waals surface area (Å²) in [6, 6.07) is 0. The van der Waals surface area contributed by atoms with Crippen LogP contribution in [0, 0.1) is 12.3 Å². The Balaban J connectivity index is 2.42. The summed E-state index contributed by atoms with van der Waals surface area (Å²) in [5.41, 5.74) is 0. The summed E-state index contributed by atoms with van der Waals surface area (Å²) in [6.07, 6.45) is 9.08. The van der Waals surface area contributed by atoms with E-state index >= 15 is 0 Å². The van der Waals surface area contributed by atoms with Gasteiger partial charge < -0.3 is 10.6 Å². The van der Waals surface area contributed by atoms with E-state index in [0.717, 1.165) is 36.9 Å². The topological polar surface area (TPSA) is 49.3 Å². The third kappa shape index (κ3) is 5.19. The fourth-order valence-corrected chi connectivity index (χ4v) is 2.22. The molecule has 98 valence electrons. The van der Waals surface area contributed by atoms with Crippen molar-refractivity contribution in [1.82, 2.24) is 15.6 Å². The Hall–Kier alpha value is -1.54. The van der Waals surface area contributed by atoms with Crippen LogP contribution < -0.4 is 10.6 Å². The third-order valence-electron chi connectivity index (χ3n) is 2.25. The van der Waals surface area contributed by atoms with Crippen LogP contribution in [0.5, 0.6) is 0 Å². The van der Waals surface area contributed by atoms with Gasteiger partial charge in [-0.25, -0.2) is 4.98 Å². The molecule has 1 aromatic heterocycles. The molecule has 0 bridgehead atoms. The highest BCUT2D eigenvalue weighted by Crippen LogP contribution is 2.13. The second-order valence-electron chi connectivity index (χ2n) is 3.64. The Kier molecular flexibility index (Phi) is 6.89. The van der Waals surface area contributed by atoms with Gasteiger partial charge in [0.05, 0.1) is 11.6 Å². The number of guanidine groups is 1. The number of nitrogens with zero attached hydrogens (tertiary/aromatic N) is 2. The lowest BCUT2D eigenvalue weighted by Crippen LogP contribution is -2.37. The maximum absolute atomic E-state index is 5.21. The molecule has 0 aliphatic carbocycles. The van der Waals surface area contributed by atoms with Gasteiger partial charge in [-0.05, 0) is 13.3 Å². The van der Waals surface area contributed by atoms with E-state index in [1.165, 1.54) is 4.88 Å². The average Bonchev–Trinajstić information content (AvgIpc) is 2.84. The molecule has 0 saturated carbocycles. The number of thiazole rings is 1. The molecular formula is C13H20N4S. The fourth-order valence-electron chi connectivity index (χ4n) is 1.37. The molecular weight excluding hydrogens is 244 g/mol. The highest BCUT2D eigenvalue weighted by molar-refractivity contribution is 7.11. The first-order chi connectivity index (χ1) is 8.80. The molecule has 0 aromatic carbocycles. The Bertz CT molecular complexity index is 417. The monoisotopic (exact) mass is 264 g/mol. The molecule has 0 unspecified atom stereocenters. The molecule has 0 fully saturated rings. The van der Waals surface area contributed by atoms with Crippen LogP contribution in [0.4, 0.5) is 0 Å². The number of terminal acetylenes is 1. The van der Waals surface area contributed by atoms with Gasteiger partial charge in [0.1, 0.15) is 0 Å². The first-order valence-electron chi connectivity index (χ1n) is 6.19. The summed E-state index contributed by atoms with van der Waals surface area (Å²) in [5, 5.41) is 7.35. The molecule has 0 radical (unpaired) electrons. The van der Waals surface area contributed by atoms with Crippen molar-refractivity contribution in [3.8, 4) is 12.3 Å². The van der Waals surface area contributed by atoms with Gasteiger partial charge in [0.25, 0.3) is 0 Å². The van der Waals surface area contributed by atoms with Crippen LogP contribution in [0.1, 0.15) is 23.7 Å². The second-order valence-corrected chi connectivity index (χ2v) is 4.84. The molecule has 0 saturated heterocycles. The Morgan fingerprint density at radius 2 is 2.33 bits per heavy atom. The molecule has 0 atom stereocenters. The first kappa shape index (κ1) is 14.5. The minimum absolute atomic E-state index is 0.489. The van der Waals surface area contributed by atoms with Crippen LogP contribution in [0.2, 0.25) is 0 Å². The smallest absolute Gasteiger partial charge is 0.192 e. The highest BCUT2D eigenvalue weighted by atomic mass is 32.1. The van der Waals surface area contributed by atoms with Crippen LogP contribution >= 0.6 is 11.3 Å². The molecule has 2 N–H and O–H groups in total. The van der Waals surface area contributed by atoms with E-state index in [1.807, 2.05) is 13.1 Å². The molecule has 1 heterocycles. The molecule has 1 rings (SSSR count). The number of aryl methyl sites for hydroxylation is 1. The molecule has 1 aromatic rings. The number of aromatic nitrogens is 1. The number of hydrogen-bond donors (Lipinski definition) is 2. The maximum Gasteiger partial charge on any atom is 0.192 e. The fraction of sp³-hybridized carbons (Fsp3) is 0.538. The van der Waals surface area contributed by atoms with Gasteiger partial charge in [-0.1, -0.05) is 12.8 Å². The van der Waals surface area contributed by atoms with Crippen molar-refractivity contribution in [3.05, 3.63) is 16.1 Å². The van der Waals surface area contributed by atoms with E-state index in [4.69, 9.17) is 6.42 Å². The van der Waals surface area contributed by atoms with Crippen LogP contribution in [-0.4, -0.2) is 30.6 Å². The minimum Gasteiger partial charge on any atom is -0.357 e. The van der Waals surface area contributed by atoms with Crippen molar-refractivity contribution in [1.29, 1.82) is 0 Å². The average molecular weight is 264 g/mol. The largest absolute Gasteiger partial charge is 0.357 e.